The molecule has 0 saturated carbocycles. The lowest BCUT2D eigenvalue weighted by atomic mass is 9.98. The van der Waals surface area contributed by atoms with Gasteiger partial charge in [0, 0.05) is 24.5 Å². The molecule has 0 N–H and O–H groups in total. The standard InChI is InChI=1S/C19H22N2/c1-16-6-8-17(9-7-16)19(18-5-4-11-20-15-18)10-14-21-12-2-3-13-21/h4-11,15H,2-3,12-14H2,1H3/b19-10-. The highest BCUT2D eigenvalue weighted by Crippen LogP contribution is 2.23. The molecule has 21 heavy (non-hydrogen) atoms. The van der Waals surface area contributed by atoms with Crippen molar-refractivity contribution >= 4 is 5.57 Å². The molecule has 2 heteroatoms. The van der Waals surface area contributed by atoms with Crippen molar-refractivity contribution < 1.29 is 0 Å². The van der Waals surface area contributed by atoms with E-state index in [0.29, 0.717) is 0 Å². The Labute approximate surface area is 127 Å². The third kappa shape index (κ3) is 3.59. The molecule has 2 aromatic rings. The molecule has 1 fully saturated rings. The van der Waals surface area contributed by atoms with Crippen LogP contribution in [0.15, 0.2) is 54.9 Å². The van der Waals surface area contributed by atoms with E-state index in [1.807, 2.05) is 18.5 Å². The number of hydrogen-bond donors (Lipinski definition) is 0. The number of likely N-dealkylation sites (tertiary alicyclic amines) is 1. The van der Waals surface area contributed by atoms with Crippen molar-refractivity contribution in [3.63, 3.8) is 0 Å². The summed E-state index contributed by atoms with van der Waals surface area (Å²) >= 11 is 0. The number of rotatable bonds is 4. The van der Waals surface area contributed by atoms with E-state index in [2.05, 4.69) is 53.2 Å². The summed E-state index contributed by atoms with van der Waals surface area (Å²) in [6.45, 7) is 5.61. The number of aromatic nitrogens is 1. The van der Waals surface area contributed by atoms with E-state index >= 15 is 0 Å². The molecule has 1 aliphatic heterocycles. The van der Waals surface area contributed by atoms with Crippen molar-refractivity contribution in [1.29, 1.82) is 0 Å². The van der Waals surface area contributed by atoms with Crippen molar-refractivity contribution in [3.8, 4) is 0 Å². The minimum absolute atomic E-state index is 1.03. The van der Waals surface area contributed by atoms with Crippen LogP contribution in [0.5, 0.6) is 0 Å². The summed E-state index contributed by atoms with van der Waals surface area (Å²) in [5, 5.41) is 0. The predicted molar refractivity (Wildman–Crippen MR) is 88.2 cm³/mol. The van der Waals surface area contributed by atoms with Gasteiger partial charge in [0.15, 0.2) is 0 Å². The molecule has 3 rings (SSSR count). The van der Waals surface area contributed by atoms with Crippen LogP contribution in [0, 0.1) is 6.92 Å². The minimum atomic E-state index is 1.03. The number of benzene rings is 1. The van der Waals surface area contributed by atoms with Crippen LogP contribution in [0.25, 0.3) is 5.57 Å². The fourth-order valence-electron chi connectivity index (χ4n) is 2.84. The molecule has 2 nitrogen and oxygen atoms in total. The van der Waals surface area contributed by atoms with E-state index in [0.717, 1.165) is 6.54 Å². The Kier molecular flexibility index (Phi) is 4.46. The Hall–Kier alpha value is -1.93. The molecule has 0 amide bonds. The summed E-state index contributed by atoms with van der Waals surface area (Å²) in [5.74, 6) is 0. The molecule has 108 valence electrons. The van der Waals surface area contributed by atoms with E-state index in [1.165, 1.54) is 48.2 Å². The molecule has 0 unspecified atom stereocenters. The topological polar surface area (TPSA) is 16.1 Å². The van der Waals surface area contributed by atoms with E-state index < -0.39 is 0 Å². The Morgan fingerprint density at radius 3 is 2.52 bits per heavy atom. The van der Waals surface area contributed by atoms with Gasteiger partial charge in [0.05, 0.1) is 0 Å². The van der Waals surface area contributed by atoms with Gasteiger partial charge in [-0.15, -0.1) is 0 Å². The van der Waals surface area contributed by atoms with Crippen molar-refractivity contribution in [3.05, 3.63) is 71.6 Å². The van der Waals surface area contributed by atoms with Gasteiger partial charge in [-0.2, -0.15) is 0 Å². The lowest BCUT2D eigenvalue weighted by molar-refractivity contribution is 0.377. The van der Waals surface area contributed by atoms with Crippen LogP contribution < -0.4 is 0 Å². The highest BCUT2D eigenvalue weighted by atomic mass is 15.1. The highest BCUT2D eigenvalue weighted by Gasteiger charge is 2.11. The van der Waals surface area contributed by atoms with Gasteiger partial charge in [0.1, 0.15) is 0 Å². The molecule has 1 aromatic carbocycles. The van der Waals surface area contributed by atoms with Gasteiger partial charge in [-0.25, -0.2) is 0 Å². The van der Waals surface area contributed by atoms with E-state index in [1.54, 1.807) is 0 Å². The minimum Gasteiger partial charge on any atom is -0.300 e. The summed E-state index contributed by atoms with van der Waals surface area (Å²) in [6, 6.07) is 12.9. The number of hydrogen-bond acceptors (Lipinski definition) is 2. The highest BCUT2D eigenvalue weighted by molar-refractivity contribution is 5.79. The van der Waals surface area contributed by atoms with Gasteiger partial charge in [-0.3, -0.25) is 9.88 Å². The number of aryl methyl sites for hydroxylation is 1. The van der Waals surface area contributed by atoms with E-state index in [4.69, 9.17) is 0 Å². The first-order chi connectivity index (χ1) is 10.3. The van der Waals surface area contributed by atoms with Crippen molar-refractivity contribution in [2.75, 3.05) is 19.6 Å². The van der Waals surface area contributed by atoms with Gasteiger partial charge in [-0.1, -0.05) is 42.0 Å². The summed E-state index contributed by atoms with van der Waals surface area (Å²) in [5.41, 5.74) is 5.05. The fraction of sp³-hybridized carbons (Fsp3) is 0.316. The van der Waals surface area contributed by atoms with Crippen LogP contribution in [-0.2, 0) is 0 Å². The Bertz CT molecular complexity index is 593. The van der Waals surface area contributed by atoms with Crippen LogP contribution >= 0.6 is 0 Å². The second-order valence-electron chi connectivity index (χ2n) is 5.73. The van der Waals surface area contributed by atoms with Crippen LogP contribution in [0.4, 0.5) is 0 Å². The van der Waals surface area contributed by atoms with Crippen molar-refractivity contribution in [1.82, 2.24) is 9.88 Å². The first-order valence-corrected chi connectivity index (χ1v) is 7.73. The molecule has 1 saturated heterocycles. The molecular formula is C19H22N2. The molecule has 0 spiro atoms. The third-order valence-corrected chi connectivity index (χ3v) is 4.09. The average molecular weight is 278 g/mol. The van der Waals surface area contributed by atoms with Crippen molar-refractivity contribution in [2.45, 2.75) is 19.8 Å². The van der Waals surface area contributed by atoms with Crippen molar-refractivity contribution in [2.24, 2.45) is 0 Å². The average Bonchev–Trinajstić information content (AvgIpc) is 3.04. The van der Waals surface area contributed by atoms with E-state index in [-0.39, 0.29) is 0 Å². The van der Waals surface area contributed by atoms with Gasteiger partial charge in [-0.05, 0) is 50.1 Å². The summed E-state index contributed by atoms with van der Waals surface area (Å²) in [7, 11) is 0. The zero-order valence-corrected chi connectivity index (χ0v) is 12.6. The first-order valence-electron chi connectivity index (χ1n) is 7.73. The summed E-state index contributed by atoms with van der Waals surface area (Å²) in [4.78, 5) is 6.79. The van der Waals surface area contributed by atoms with Crippen LogP contribution in [0.1, 0.15) is 29.5 Å². The maximum absolute atomic E-state index is 4.27. The Morgan fingerprint density at radius 1 is 1.10 bits per heavy atom. The summed E-state index contributed by atoms with van der Waals surface area (Å²) < 4.78 is 0. The van der Waals surface area contributed by atoms with Gasteiger partial charge < -0.3 is 0 Å². The maximum Gasteiger partial charge on any atom is 0.0346 e. The largest absolute Gasteiger partial charge is 0.300 e. The third-order valence-electron chi connectivity index (χ3n) is 4.09. The van der Waals surface area contributed by atoms with E-state index in [9.17, 15) is 0 Å². The second kappa shape index (κ2) is 6.68. The van der Waals surface area contributed by atoms with Crippen LogP contribution in [0.2, 0.25) is 0 Å². The Balaban J connectivity index is 1.90. The normalized spacial score (nSPS) is 16.3. The molecule has 2 heterocycles. The molecule has 0 aliphatic carbocycles. The molecule has 1 aromatic heterocycles. The molecule has 0 bridgehead atoms. The zero-order valence-electron chi connectivity index (χ0n) is 12.6. The zero-order chi connectivity index (χ0) is 14.5. The lowest BCUT2D eigenvalue weighted by Crippen LogP contribution is -2.19. The van der Waals surface area contributed by atoms with Crippen LogP contribution in [0.3, 0.4) is 0 Å². The maximum atomic E-state index is 4.27. The van der Waals surface area contributed by atoms with Gasteiger partial charge in [0.2, 0.25) is 0 Å². The number of nitrogens with zero attached hydrogens (tertiary/aromatic N) is 2. The molecule has 1 aliphatic rings. The Morgan fingerprint density at radius 2 is 1.86 bits per heavy atom. The molecule has 0 atom stereocenters. The SMILES string of the molecule is Cc1ccc(/C(=C/CN2CCCC2)c2cccnc2)cc1. The second-order valence-corrected chi connectivity index (χ2v) is 5.73. The van der Waals surface area contributed by atoms with Crippen LogP contribution in [-0.4, -0.2) is 29.5 Å². The number of pyridine rings is 1. The first kappa shape index (κ1) is 14.0. The smallest absolute Gasteiger partial charge is 0.0346 e. The van der Waals surface area contributed by atoms with Gasteiger partial charge in [0.25, 0.3) is 0 Å². The lowest BCUT2D eigenvalue weighted by Gasteiger charge is -2.14. The summed E-state index contributed by atoms with van der Waals surface area (Å²) in [6.07, 6.45) is 8.81. The predicted octanol–water partition coefficient (Wildman–Crippen LogP) is 3.92. The van der Waals surface area contributed by atoms with Gasteiger partial charge >= 0.3 is 0 Å². The quantitative estimate of drug-likeness (QED) is 0.842. The molecule has 0 radical (unpaired) electrons. The monoisotopic (exact) mass is 278 g/mol. The fourth-order valence-corrected chi connectivity index (χ4v) is 2.84. The molecular weight excluding hydrogens is 256 g/mol.